The predicted molar refractivity (Wildman–Crippen MR) is 102 cm³/mol. The number of anilines is 1. The summed E-state index contributed by atoms with van der Waals surface area (Å²) >= 11 is 11.3. The van der Waals surface area contributed by atoms with Crippen LogP contribution >= 0.6 is 23.8 Å². The number of halogens is 2. The van der Waals surface area contributed by atoms with E-state index >= 15 is 0 Å². The maximum absolute atomic E-state index is 13.2. The molecule has 0 saturated heterocycles. The molecule has 2 aromatic carbocycles. The van der Waals surface area contributed by atoms with Gasteiger partial charge in [-0.15, -0.1) is 0 Å². The number of hydrogen-bond acceptors (Lipinski definition) is 1. The highest BCUT2D eigenvalue weighted by Gasteiger charge is 2.09. The van der Waals surface area contributed by atoms with Crippen LogP contribution in [-0.4, -0.2) is 16.6 Å². The van der Waals surface area contributed by atoms with E-state index in [-0.39, 0.29) is 5.82 Å². The number of H-pyrrole nitrogens is 1. The van der Waals surface area contributed by atoms with Gasteiger partial charge < -0.3 is 15.6 Å². The first kappa shape index (κ1) is 16.7. The van der Waals surface area contributed by atoms with Crippen molar-refractivity contribution >= 4 is 45.5 Å². The fourth-order valence-corrected chi connectivity index (χ4v) is 3.11. The molecule has 1 heterocycles. The van der Waals surface area contributed by atoms with Crippen molar-refractivity contribution in [3.05, 3.63) is 64.6 Å². The lowest BCUT2D eigenvalue weighted by Gasteiger charge is -2.10. The Morgan fingerprint density at radius 2 is 2.08 bits per heavy atom. The molecule has 0 radical (unpaired) electrons. The number of aryl methyl sites for hydroxylation is 1. The van der Waals surface area contributed by atoms with Gasteiger partial charge >= 0.3 is 0 Å². The number of thiocarbonyl (C=S) groups is 1. The van der Waals surface area contributed by atoms with Crippen molar-refractivity contribution in [2.45, 2.75) is 13.3 Å². The van der Waals surface area contributed by atoms with Crippen LogP contribution in [0.5, 0.6) is 0 Å². The van der Waals surface area contributed by atoms with Crippen molar-refractivity contribution < 1.29 is 4.39 Å². The molecule has 3 rings (SSSR count). The molecule has 0 unspecified atom stereocenters. The highest BCUT2D eigenvalue weighted by molar-refractivity contribution is 7.80. The maximum Gasteiger partial charge on any atom is 0.170 e. The minimum absolute atomic E-state index is 0.297. The molecule has 0 aliphatic rings. The van der Waals surface area contributed by atoms with E-state index in [1.54, 1.807) is 12.1 Å². The Balaban J connectivity index is 1.61. The van der Waals surface area contributed by atoms with Crippen molar-refractivity contribution in [2.24, 2.45) is 0 Å². The van der Waals surface area contributed by atoms with Crippen LogP contribution < -0.4 is 10.6 Å². The van der Waals surface area contributed by atoms with Crippen molar-refractivity contribution in [3.8, 4) is 0 Å². The van der Waals surface area contributed by atoms with Gasteiger partial charge in [0.1, 0.15) is 5.82 Å². The first-order valence-corrected chi connectivity index (χ1v) is 8.38. The van der Waals surface area contributed by atoms with Gasteiger partial charge in [-0.1, -0.05) is 17.7 Å². The third kappa shape index (κ3) is 3.86. The average molecular weight is 362 g/mol. The molecule has 0 aliphatic carbocycles. The molecule has 24 heavy (non-hydrogen) atoms. The third-order valence-electron chi connectivity index (χ3n) is 3.82. The Bertz CT molecular complexity index is 891. The summed E-state index contributed by atoms with van der Waals surface area (Å²) in [6, 6.07) is 12.0. The Labute approximate surface area is 150 Å². The van der Waals surface area contributed by atoms with Crippen molar-refractivity contribution in [1.29, 1.82) is 0 Å². The topological polar surface area (TPSA) is 39.9 Å². The van der Waals surface area contributed by atoms with Gasteiger partial charge in [0.15, 0.2) is 5.11 Å². The zero-order valence-corrected chi connectivity index (χ0v) is 14.7. The molecule has 0 bridgehead atoms. The van der Waals surface area contributed by atoms with Crippen LogP contribution in [0.15, 0.2) is 42.5 Å². The van der Waals surface area contributed by atoms with Crippen molar-refractivity contribution in [3.63, 3.8) is 0 Å². The lowest BCUT2D eigenvalue weighted by molar-refractivity contribution is 0.628. The summed E-state index contributed by atoms with van der Waals surface area (Å²) in [5.74, 6) is -0.297. The van der Waals surface area contributed by atoms with E-state index in [9.17, 15) is 4.39 Å². The molecule has 124 valence electrons. The quantitative estimate of drug-likeness (QED) is 0.585. The van der Waals surface area contributed by atoms with Gasteiger partial charge in [0.05, 0.1) is 0 Å². The van der Waals surface area contributed by atoms with Crippen LogP contribution in [0.25, 0.3) is 10.9 Å². The second-order valence-corrected chi connectivity index (χ2v) is 6.40. The molecular weight excluding hydrogens is 345 g/mol. The first-order chi connectivity index (χ1) is 11.5. The van der Waals surface area contributed by atoms with Crippen molar-refractivity contribution in [2.75, 3.05) is 11.9 Å². The molecule has 3 nitrogen and oxygen atoms in total. The minimum Gasteiger partial charge on any atom is -0.362 e. The summed E-state index contributed by atoms with van der Waals surface area (Å²) in [7, 11) is 0. The van der Waals surface area contributed by atoms with E-state index in [0.717, 1.165) is 28.0 Å². The van der Waals surface area contributed by atoms with Crippen LogP contribution in [0.1, 0.15) is 11.3 Å². The van der Waals surface area contributed by atoms with Gasteiger partial charge in [-0.3, -0.25) is 0 Å². The van der Waals surface area contributed by atoms with Gasteiger partial charge in [0.2, 0.25) is 0 Å². The summed E-state index contributed by atoms with van der Waals surface area (Å²) in [5.41, 5.74) is 4.04. The standard InChI is InChI=1S/C18H17ClFN3S/c1-11-15(16-9-12(19)5-6-17(16)22-11)7-8-21-18(24)23-14-4-2-3-13(20)10-14/h2-6,9-10,22H,7-8H2,1H3,(H2,21,23,24). The van der Waals surface area contributed by atoms with E-state index in [4.69, 9.17) is 23.8 Å². The van der Waals surface area contributed by atoms with Gasteiger partial charge in [0, 0.05) is 33.9 Å². The smallest absolute Gasteiger partial charge is 0.170 e. The number of rotatable bonds is 4. The Hall–Kier alpha value is -2.11. The van der Waals surface area contributed by atoms with Gasteiger partial charge in [-0.2, -0.15) is 0 Å². The lowest BCUT2D eigenvalue weighted by Crippen LogP contribution is -2.30. The highest BCUT2D eigenvalue weighted by Crippen LogP contribution is 2.25. The molecule has 1 aromatic heterocycles. The van der Waals surface area contributed by atoms with Crippen LogP contribution in [0.2, 0.25) is 5.02 Å². The number of hydrogen-bond donors (Lipinski definition) is 3. The molecule has 0 fully saturated rings. The highest BCUT2D eigenvalue weighted by atomic mass is 35.5. The largest absolute Gasteiger partial charge is 0.362 e. The molecule has 3 N–H and O–H groups in total. The predicted octanol–water partition coefficient (Wildman–Crippen LogP) is 4.80. The Morgan fingerprint density at radius 3 is 2.88 bits per heavy atom. The van der Waals surface area contributed by atoms with E-state index in [0.29, 0.717) is 17.3 Å². The monoisotopic (exact) mass is 361 g/mol. The molecule has 0 amide bonds. The van der Waals surface area contributed by atoms with E-state index in [1.165, 1.54) is 17.7 Å². The molecular formula is C18H17ClFN3S. The number of aromatic nitrogens is 1. The lowest BCUT2D eigenvalue weighted by atomic mass is 10.1. The molecule has 0 saturated carbocycles. The second kappa shape index (κ2) is 7.20. The van der Waals surface area contributed by atoms with Crippen LogP contribution in [0.4, 0.5) is 10.1 Å². The number of nitrogens with one attached hydrogen (secondary N) is 3. The summed E-state index contributed by atoms with van der Waals surface area (Å²) < 4.78 is 13.2. The summed E-state index contributed by atoms with van der Waals surface area (Å²) in [5, 5.41) is 8.44. The molecule has 0 aliphatic heterocycles. The van der Waals surface area contributed by atoms with Gasteiger partial charge in [-0.25, -0.2) is 4.39 Å². The van der Waals surface area contributed by atoms with Crippen LogP contribution in [0, 0.1) is 12.7 Å². The summed E-state index contributed by atoms with van der Waals surface area (Å²) in [6.07, 6.45) is 0.803. The number of aromatic amines is 1. The Kier molecular flexibility index (Phi) is 5.02. The normalized spacial score (nSPS) is 10.8. The summed E-state index contributed by atoms with van der Waals surface area (Å²) in [6.45, 7) is 2.72. The van der Waals surface area contributed by atoms with E-state index < -0.39 is 0 Å². The average Bonchev–Trinajstić information content (AvgIpc) is 2.83. The van der Waals surface area contributed by atoms with E-state index in [2.05, 4.69) is 15.6 Å². The number of fused-ring (bicyclic) bond motifs is 1. The number of benzene rings is 2. The Morgan fingerprint density at radius 1 is 1.25 bits per heavy atom. The van der Waals surface area contributed by atoms with Crippen molar-refractivity contribution in [1.82, 2.24) is 10.3 Å². The fraction of sp³-hybridized carbons (Fsp3) is 0.167. The molecule has 0 spiro atoms. The minimum atomic E-state index is -0.297. The van der Waals surface area contributed by atoms with Gasteiger partial charge in [0.25, 0.3) is 0 Å². The van der Waals surface area contributed by atoms with E-state index in [1.807, 2.05) is 25.1 Å². The molecule has 0 atom stereocenters. The molecule has 3 aromatic rings. The van der Waals surface area contributed by atoms with Gasteiger partial charge in [-0.05, 0) is 67.5 Å². The maximum atomic E-state index is 13.2. The zero-order valence-electron chi connectivity index (χ0n) is 13.1. The fourth-order valence-electron chi connectivity index (χ4n) is 2.72. The SMILES string of the molecule is Cc1[nH]c2ccc(Cl)cc2c1CCNC(=S)Nc1cccc(F)c1. The zero-order chi connectivity index (χ0) is 17.1. The molecule has 6 heteroatoms. The third-order valence-corrected chi connectivity index (χ3v) is 4.31. The van der Waals surface area contributed by atoms with Crippen LogP contribution in [-0.2, 0) is 6.42 Å². The first-order valence-electron chi connectivity index (χ1n) is 7.60. The second-order valence-electron chi connectivity index (χ2n) is 5.56. The summed E-state index contributed by atoms with van der Waals surface area (Å²) in [4.78, 5) is 3.36. The van der Waals surface area contributed by atoms with Crippen LogP contribution in [0.3, 0.4) is 0 Å².